The van der Waals surface area contributed by atoms with E-state index in [-0.39, 0.29) is 0 Å². The molecule has 2 N–H and O–H groups in total. The maximum atomic E-state index is 9.05. The van der Waals surface area contributed by atoms with Gasteiger partial charge in [-0.2, -0.15) is 0 Å². The van der Waals surface area contributed by atoms with Crippen molar-refractivity contribution >= 4 is 47.4 Å². The van der Waals surface area contributed by atoms with Crippen LogP contribution in [-0.2, 0) is 0 Å². The first kappa shape index (κ1) is 38.1. The lowest BCUT2D eigenvalue weighted by atomic mass is 9.79. The van der Waals surface area contributed by atoms with E-state index in [0.717, 1.165) is 39.1 Å². The number of nitrogens with zero attached hydrogens (tertiary/aromatic N) is 4. The molecule has 0 bridgehead atoms. The van der Waals surface area contributed by atoms with Crippen LogP contribution in [0.1, 0.15) is 0 Å². The second-order valence-electron chi connectivity index (χ2n) is 11.8. The first-order valence-electron chi connectivity index (χ1n) is 16.9. The van der Waals surface area contributed by atoms with E-state index < -0.39 is 7.12 Å². The Labute approximate surface area is 329 Å². The molecule has 2 heterocycles. The van der Waals surface area contributed by atoms with Crippen molar-refractivity contribution in [3.63, 3.8) is 0 Å². The Kier molecular flexibility index (Phi) is 13.3. The molecule has 6 nitrogen and oxygen atoms in total. The highest BCUT2D eigenvalue weighted by Crippen LogP contribution is 2.28. The van der Waals surface area contributed by atoms with E-state index in [9.17, 15) is 0 Å². The van der Waals surface area contributed by atoms with Gasteiger partial charge in [-0.25, -0.2) is 19.9 Å². The van der Waals surface area contributed by atoms with Crippen LogP contribution in [0.4, 0.5) is 0 Å². The number of rotatable bonds is 6. The monoisotopic (exact) mass is 764 g/mol. The van der Waals surface area contributed by atoms with E-state index in [1.165, 1.54) is 11.6 Å². The van der Waals surface area contributed by atoms with Gasteiger partial charge in [-0.3, -0.25) is 0 Å². The molecule has 8 aromatic rings. The molecule has 6 aromatic carbocycles. The van der Waals surface area contributed by atoms with Crippen molar-refractivity contribution in [3.8, 4) is 56.3 Å². The fourth-order valence-corrected chi connectivity index (χ4v) is 5.99. The van der Waals surface area contributed by atoms with Gasteiger partial charge in [0.2, 0.25) is 0 Å². The summed E-state index contributed by atoms with van der Waals surface area (Å²) in [6.07, 6.45) is 0. The van der Waals surface area contributed by atoms with Gasteiger partial charge in [0.25, 0.3) is 0 Å². The molecule has 0 fully saturated rings. The van der Waals surface area contributed by atoms with Crippen LogP contribution >= 0.6 is 34.8 Å². The van der Waals surface area contributed by atoms with E-state index in [2.05, 4.69) is 39.2 Å². The van der Waals surface area contributed by atoms with Crippen molar-refractivity contribution in [1.82, 2.24) is 19.9 Å². The third-order valence-corrected chi connectivity index (χ3v) is 8.56. The molecule has 0 unspecified atom stereocenters. The van der Waals surface area contributed by atoms with Crippen molar-refractivity contribution in [2.45, 2.75) is 0 Å². The van der Waals surface area contributed by atoms with Gasteiger partial charge in [-0.1, -0.05) is 199 Å². The predicted octanol–water partition coefficient (Wildman–Crippen LogP) is 10.6. The summed E-state index contributed by atoms with van der Waals surface area (Å²) in [6, 6.07) is 58.4. The minimum absolute atomic E-state index is 0.351. The number of benzene rings is 6. The molecule has 54 heavy (non-hydrogen) atoms. The molecule has 0 radical (unpaired) electrons. The minimum Gasteiger partial charge on any atom is -0.423 e. The molecule has 0 amide bonds. The normalized spacial score (nSPS) is 10.3. The van der Waals surface area contributed by atoms with Crippen molar-refractivity contribution in [2.75, 3.05) is 0 Å². The molecule has 0 aliphatic rings. The molecule has 2 aromatic heterocycles. The van der Waals surface area contributed by atoms with Gasteiger partial charge in [0.1, 0.15) is 15.5 Å². The maximum absolute atomic E-state index is 9.05. The van der Waals surface area contributed by atoms with Gasteiger partial charge in [0.15, 0.2) is 11.6 Å². The van der Waals surface area contributed by atoms with E-state index in [0.29, 0.717) is 32.6 Å². The second-order valence-corrected chi connectivity index (χ2v) is 12.9. The van der Waals surface area contributed by atoms with Crippen LogP contribution < -0.4 is 5.46 Å². The molecule has 0 atom stereocenters. The third-order valence-electron chi connectivity index (χ3n) is 7.98. The van der Waals surface area contributed by atoms with Crippen molar-refractivity contribution in [1.29, 1.82) is 0 Å². The smallest absolute Gasteiger partial charge is 0.423 e. The van der Waals surface area contributed by atoms with Crippen molar-refractivity contribution in [3.05, 3.63) is 197 Å². The van der Waals surface area contributed by atoms with Gasteiger partial charge in [0.05, 0.1) is 5.69 Å². The standard InChI is InChI=1S/C22H15ClN2.C12H11BO2.C10H6Cl2N2/c23-21-15-20(24-22(25-21)17-10-5-2-6-11-17)19-13-7-12-18(14-19)16-8-3-1-4-9-16;14-13(15)12-8-4-7-11(9-12)10-5-2-1-3-6-10;11-8-6-9(12)14-10(13-8)7-4-2-1-3-5-7/h1-15H;1-9,14-15H;1-6H. The number of aromatic nitrogens is 4. The molecule has 264 valence electrons. The second kappa shape index (κ2) is 18.9. The summed E-state index contributed by atoms with van der Waals surface area (Å²) in [5.41, 5.74) is 8.57. The summed E-state index contributed by atoms with van der Waals surface area (Å²) in [5.74, 6) is 1.18. The molecule has 0 saturated carbocycles. The molecule has 0 aliphatic heterocycles. The summed E-state index contributed by atoms with van der Waals surface area (Å²) in [5, 5.41) is 19.2. The topological polar surface area (TPSA) is 92.0 Å². The van der Waals surface area contributed by atoms with Gasteiger partial charge in [0, 0.05) is 28.8 Å². The summed E-state index contributed by atoms with van der Waals surface area (Å²) < 4.78 is 0. The van der Waals surface area contributed by atoms with Gasteiger partial charge >= 0.3 is 7.12 Å². The maximum Gasteiger partial charge on any atom is 0.488 e. The van der Waals surface area contributed by atoms with E-state index in [1.54, 1.807) is 18.2 Å². The lowest BCUT2D eigenvalue weighted by Gasteiger charge is -2.08. The SMILES string of the molecule is Clc1cc(-c2cccc(-c3ccccc3)c2)nc(-c2ccccc2)n1.Clc1cc(Cl)nc(-c2ccccc2)n1.OB(O)c1cccc(-c2ccccc2)c1. The zero-order chi connectivity index (χ0) is 37.7. The Balaban J connectivity index is 0.000000148. The Hall–Kier alpha value is -5.67. The zero-order valence-corrected chi connectivity index (χ0v) is 31.0. The Morgan fingerprint density at radius 1 is 0.333 bits per heavy atom. The van der Waals surface area contributed by atoms with Gasteiger partial charge in [-0.05, 0) is 33.8 Å². The first-order valence-corrected chi connectivity index (χ1v) is 18.0. The molecular weight excluding hydrogens is 734 g/mol. The molecular formula is C44H32BCl3N4O2. The third kappa shape index (κ3) is 10.7. The van der Waals surface area contributed by atoms with Crippen LogP contribution in [-0.4, -0.2) is 37.1 Å². The van der Waals surface area contributed by atoms with Gasteiger partial charge < -0.3 is 10.0 Å². The van der Waals surface area contributed by atoms with Crippen LogP contribution in [0.5, 0.6) is 0 Å². The van der Waals surface area contributed by atoms with E-state index in [1.807, 2.05) is 133 Å². The summed E-state index contributed by atoms with van der Waals surface area (Å²) in [7, 11) is -1.41. The van der Waals surface area contributed by atoms with Crippen LogP contribution in [0.2, 0.25) is 15.5 Å². The Bertz CT molecular complexity index is 2390. The van der Waals surface area contributed by atoms with E-state index >= 15 is 0 Å². The van der Waals surface area contributed by atoms with Crippen LogP contribution in [0.15, 0.2) is 182 Å². The quantitative estimate of drug-likeness (QED) is 0.129. The summed E-state index contributed by atoms with van der Waals surface area (Å²) in [4.78, 5) is 17.2. The Morgan fingerprint density at radius 2 is 0.704 bits per heavy atom. The van der Waals surface area contributed by atoms with Crippen molar-refractivity contribution in [2.24, 2.45) is 0 Å². The molecule has 0 spiro atoms. The highest BCUT2D eigenvalue weighted by molar-refractivity contribution is 6.58. The summed E-state index contributed by atoms with van der Waals surface area (Å²) >= 11 is 17.8. The average Bonchev–Trinajstić information content (AvgIpc) is 3.22. The van der Waals surface area contributed by atoms with Gasteiger partial charge in [-0.15, -0.1) is 0 Å². The molecule has 10 heteroatoms. The first-order chi connectivity index (χ1) is 26.3. The van der Waals surface area contributed by atoms with E-state index in [4.69, 9.17) is 49.8 Å². The minimum atomic E-state index is -1.41. The fraction of sp³-hybridized carbons (Fsp3) is 0. The highest BCUT2D eigenvalue weighted by atomic mass is 35.5. The van der Waals surface area contributed by atoms with Crippen LogP contribution in [0.3, 0.4) is 0 Å². The fourth-order valence-electron chi connectivity index (χ4n) is 5.39. The molecule has 0 aliphatic carbocycles. The molecule has 8 rings (SSSR count). The predicted molar refractivity (Wildman–Crippen MR) is 223 cm³/mol. The average molecular weight is 766 g/mol. The highest BCUT2D eigenvalue weighted by Gasteiger charge is 2.11. The number of halogens is 3. The zero-order valence-electron chi connectivity index (χ0n) is 28.7. The lowest BCUT2D eigenvalue weighted by molar-refractivity contribution is 0.426. The van der Waals surface area contributed by atoms with Crippen molar-refractivity contribution < 1.29 is 10.0 Å². The number of hydrogen-bond acceptors (Lipinski definition) is 6. The lowest BCUT2D eigenvalue weighted by Crippen LogP contribution is -2.29. The largest absolute Gasteiger partial charge is 0.488 e. The number of hydrogen-bond donors (Lipinski definition) is 2. The van der Waals surface area contributed by atoms with Crippen LogP contribution in [0, 0.1) is 0 Å². The molecule has 0 saturated heterocycles. The Morgan fingerprint density at radius 3 is 1.19 bits per heavy atom. The summed E-state index contributed by atoms with van der Waals surface area (Å²) in [6.45, 7) is 0. The van der Waals surface area contributed by atoms with Crippen LogP contribution in [0.25, 0.3) is 56.3 Å².